The van der Waals surface area contributed by atoms with E-state index in [1.54, 1.807) is 6.26 Å². The highest BCUT2D eigenvalue weighted by Crippen LogP contribution is 2.13. The van der Waals surface area contributed by atoms with Crippen LogP contribution in [0.2, 0.25) is 0 Å². The van der Waals surface area contributed by atoms with Crippen molar-refractivity contribution in [2.24, 2.45) is 5.92 Å². The molecule has 0 saturated heterocycles. The van der Waals surface area contributed by atoms with Crippen LogP contribution in [0, 0.1) is 12.8 Å². The van der Waals surface area contributed by atoms with Gasteiger partial charge in [-0.3, -0.25) is 4.79 Å². The van der Waals surface area contributed by atoms with E-state index in [0.717, 1.165) is 5.56 Å². The van der Waals surface area contributed by atoms with Gasteiger partial charge in [-0.2, -0.15) is 0 Å². The predicted molar refractivity (Wildman–Crippen MR) is 42.6 cm³/mol. The number of furan rings is 1. The molecule has 11 heavy (non-hydrogen) atoms. The molecule has 0 fully saturated rings. The summed E-state index contributed by atoms with van der Waals surface area (Å²) >= 11 is 0. The molecular formula is C9H12O2. The zero-order valence-corrected chi connectivity index (χ0v) is 7.05. The van der Waals surface area contributed by atoms with Crippen LogP contribution in [0.5, 0.6) is 0 Å². The highest BCUT2D eigenvalue weighted by atomic mass is 16.3. The fourth-order valence-corrected chi connectivity index (χ4v) is 0.924. The Hall–Kier alpha value is -1.05. The first-order valence-electron chi connectivity index (χ1n) is 3.70. The van der Waals surface area contributed by atoms with Gasteiger partial charge in [-0.15, -0.1) is 0 Å². The van der Waals surface area contributed by atoms with Crippen molar-refractivity contribution in [3.05, 3.63) is 23.7 Å². The molecule has 0 aliphatic rings. The van der Waals surface area contributed by atoms with Crippen molar-refractivity contribution >= 4 is 5.78 Å². The first-order valence-corrected chi connectivity index (χ1v) is 3.70. The zero-order chi connectivity index (χ0) is 8.43. The molecule has 0 amide bonds. The second kappa shape index (κ2) is 2.91. The number of aryl methyl sites for hydroxylation is 1. The molecule has 1 aromatic rings. The lowest BCUT2D eigenvalue weighted by atomic mass is 10.0. The molecule has 0 spiro atoms. The van der Waals surface area contributed by atoms with Crippen LogP contribution in [-0.2, 0) is 0 Å². The Labute approximate surface area is 66.2 Å². The fourth-order valence-electron chi connectivity index (χ4n) is 0.924. The third-order valence-electron chi connectivity index (χ3n) is 1.65. The summed E-state index contributed by atoms with van der Waals surface area (Å²) in [5.41, 5.74) is 1.63. The second-order valence-corrected chi connectivity index (χ2v) is 2.99. The van der Waals surface area contributed by atoms with Gasteiger partial charge < -0.3 is 4.42 Å². The van der Waals surface area contributed by atoms with Crippen molar-refractivity contribution in [3.8, 4) is 0 Å². The highest BCUT2D eigenvalue weighted by molar-refractivity contribution is 5.98. The first-order chi connectivity index (χ1) is 5.13. The standard InChI is InChI=1S/C9H12O2/c1-6(2)9(10)8-5-11-4-7(8)3/h4-6H,1-3H3. The van der Waals surface area contributed by atoms with Gasteiger partial charge in [-0.05, 0) is 12.5 Å². The normalized spacial score (nSPS) is 10.5. The van der Waals surface area contributed by atoms with E-state index in [1.807, 2.05) is 20.8 Å². The van der Waals surface area contributed by atoms with Gasteiger partial charge in [0.05, 0.1) is 11.8 Å². The molecule has 0 bridgehead atoms. The highest BCUT2D eigenvalue weighted by Gasteiger charge is 2.13. The van der Waals surface area contributed by atoms with Gasteiger partial charge in [0.1, 0.15) is 6.26 Å². The van der Waals surface area contributed by atoms with Gasteiger partial charge in [0.2, 0.25) is 0 Å². The number of hydrogen-bond donors (Lipinski definition) is 0. The Balaban J connectivity index is 2.93. The van der Waals surface area contributed by atoms with Gasteiger partial charge in [0.25, 0.3) is 0 Å². The van der Waals surface area contributed by atoms with Crippen molar-refractivity contribution in [1.82, 2.24) is 0 Å². The third kappa shape index (κ3) is 1.50. The molecule has 0 saturated carbocycles. The minimum Gasteiger partial charge on any atom is -0.472 e. The van der Waals surface area contributed by atoms with E-state index in [2.05, 4.69) is 0 Å². The monoisotopic (exact) mass is 152 g/mol. The van der Waals surface area contributed by atoms with Crippen molar-refractivity contribution in [2.45, 2.75) is 20.8 Å². The quantitative estimate of drug-likeness (QED) is 0.609. The van der Waals surface area contributed by atoms with E-state index in [4.69, 9.17) is 4.42 Å². The number of ketones is 1. The summed E-state index contributed by atoms with van der Waals surface area (Å²) < 4.78 is 4.90. The summed E-state index contributed by atoms with van der Waals surface area (Å²) in [6.45, 7) is 5.64. The van der Waals surface area contributed by atoms with Crippen LogP contribution in [0.25, 0.3) is 0 Å². The summed E-state index contributed by atoms with van der Waals surface area (Å²) in [6.07, 6.45) is 3.10. The largest absolute Gasteiger partial charge is 0.472 e. The van der Waals surface area contributed by atoms with Crippen molar-refractivity contribution < 1.29 is 9.21 Å². The van der Waals surface area contributed by atoms with E-state index >= 15 is 0 Å². The molecule has 2 heteroatoms. The maximum Gasteiger partial charge on any atom is 0.168 e. The summed E-state index contributed by atoms with van der Waals surface area (Å²) in [7, 11) is 0. The average Bonchev–Trinajstić information content (AvgIpc) is 2.33. The SMILES string of the molecule is Cc1cocc1C(=O)C(C)C. The molecule has 0 aromatic carbocycles. The maximum absolute atomic E-state index is 11.4. The molecule has 1 rings (SSSR count). The van der Waals surface area contributed by atoms with E-state index < -0.39 is 0 Å². The van der Waals surface area contributed by atoms with E-state index in [0.29, 0.717) is 5.56 Å². The Kier molecular flexibility index (Phi) is 2.13. The summed E-state index contributed by atoms with van der Waals surface area (Å²) in [4.78, 5) is 11.4. The van der Waals surface area contributed by atoms with Gasteiger partial charge >= 0.3 is 0 Å². The molecule has 2 nitrogen and oxygen atoms in total. The predicted octanol–water partition coefficient (Wildman–Crippen LogP) is 2.43. The third-order valence-corrected chi connectivity index (χ3v) is 1.65. The summed E-state index contributed by atoms with van der Waals surface area (Å²) in [6, 6.07) is 0. The molecule has 0 aliphatic carbocycles. The molecule has 0 radical (unpaired) electrons. The van der Waals surface area contributed by atoms with Gasteiger partial charge in [-0.25, -0.2) is 0 Å². The van der Waals surface area contributed by atoms with Crippen LogP contribution >= 0.6 is 0 Å². The van der Waals surface area contributed by atoms with Crippen molar-refractivity contribution in [1.29, 1.82) is 0 Å². The number of carbonyl (C=O) groups is 1. The molecule has 0 unspecified atom stereocenters. The van der Waals surface area contributed by atoms with Gasteiger partial charge in [0.15, 0.2) is 5.78 Å². The molecular weight excluding hydrogens is 140 g/mol. The van der Waals surface area contributed by atoms with E-state index in [1.165, 1.54) is 6.26 Å². The van der Waals surface area contributed by atoms with Crippen LogP contribution in [0.1, 0.15) is 29.8 Å². The Morgan fingerprint density at radius 1 is 1.45 bits per heavy atom. The molecule has 0 N–H and O–H groups in total. The Morgan fingerprint density at radius 2 is 2.09 bits per heavy atom. The van der Waals surface area contributed by atoms with E-state index in [-0.39, 0.29) is 11.7 Å². The number of Topliss-reactive ketones (excluding diaryl/α,β-unsaturated/α-hetero) is 1. The zero-order valence-electron chi connectivity index (χ0n) is 7.05. The topological polar surface area (TPSA) is 30.2 Å². The molecule has 0 atom stereocenters. The van der Waals surface area contributed by atoms with Crippen molar-refractivity contribution in [2.75, 3.05) is 0 Å². The van der Waals surface area contributed by atoms with Crippen LogP contribution in [0.15, 0.2) is 16.9 Å². The summed E-state index contributed by atoms with van der Waals surface area (Å²) in [5, 5.41) is 0. The molecule has 1 aromatic heterocycles. The van der Waals surface area contributed by atoms with Crippen molar-refractivity contribution in [3.63, 3.8) is 0 Å². The fraction of sp³-hybridized carbons (Fsp3) is 0.444. The Bertz CT molecular complexity index is 258. The van der Waals surface area contributed by atoms with Crippen LogP contribution < -0.4 is 0 Å². The molecule has 60 valence electrons. The molecule has 1 heterocycles. The van der Waals surface area contributed by atoms with Gasteiger partial charge in [0, 0.05) is 5.92 Å². The maximum atomic E-state index is 11.4. The minimum atomic E-state index is 0.0475. The average molecular weight is 152 g/mol. The number of hydrogen-bond acceptors (Lipinski definition) is 2. The Morgan fingerprint density at radius 3 is 2.45 bits per heavy atom. The first kappa shape index (κ1) is 8.05. The molecule has 0 aliphatic heterocycles. The van der Waals surface area contributed by atoms with Gasteiger partial charge in [-0.1, -0.05) is 13.8 Å². The second-order valence-electron chi connectivity index (χ2n) is 2.99. The van der Waals surface area contributed by atoms with Crippen LogP contribution in [0.4, 0.5) is 0 Å². The smallest absolute Gasteiger partial charge is 0.168 e. The lowest BCUT2D eigenvalue weighted by Gasteiger charge is -2.00. The van der Waals surface area contributed by atoms with E-state index in [9.17, 15) is 4.79 Å². The van der Waals surface area contributed by atoms with Crippen LogP contribution in [-0.4, -0.2) is 5.78 Å². The summed E-state index contributed by atoms with van der Waals surface area (Å²) in [5.74, 6) is 0.197. The minimum absolute atomic E-state index is 0.0475. The lowest BCUT2D eigenvalue weighted by Crippen LogP contribution is -2.07. The van der Waals surface area contributed by atoms with Crippen LogP contribution in [0.3, 0.4) is 0 Å². The number of carbonyl (C=O) groups excluding carboxylic acids is 1. The lowest BCUT2D eigenvalue weighted by molar-refractivity contribution is 0.0938. The number of rotatable bonds is 2.